The first-order valence-electron chi connectivity index (χ1n) is 5.95. The van der Waals surface area contributed by atoms with Crippen LogP contribution >= 0.6 is 27.5 Å². The Balaban J connectivity index is 2.30. The largest absolute Gasteiger partial charge is 0.506 e. The molecule has 0 saturated heterocycles. The van der Waals surface area contributed by atoms with Gasteiger partial charge in [-0.3, -0.25) is 4.79 Å². The summed E-state index contributed by atoms with van der Waals surface area (Å²) >= 11 is 9.24. The van der Waals surface area contributed by atoms with Crippen LogP contribution < -0.4 is 5.32 Å². The fraction of sp³-hybridized carbons (Fsp3) is 0.133. The van der Waals surface area contributed by atoms with Gasteiger partial charge < -0.3 is 10.4 Å². The molecule has 0 fully saturated rings. The predicted molar refractivity (Wildman–Crippen MR) is 84.7 cm³/mol. The molecule has 0 aliphatic heterocycles. The zero-order chi connectivity index (χ0) is 14.9. The van der Waals surface area contributed by atoms with Gasteiger partial charge in [0.05, 0.1) is 10.0 Å². The summed E-state index contributed by atoms with van der Waals surface area (Å²) in [6.45, 7) is 3.74. The number of aromatic hydroxyl groups is 1. The van der Waals surface area contributed by atoms with Crippen LogP contribution in [0.3, 0.4) is 0 Å². The summed E-state index contributed by atoms with van der Waals surface area (Å²) < 4.78 is 0.490. The summed E-state index contributed by atoms with van der Waals surface area (Å²) in [5, 5.41) is 13.2. The lowest BCUT2D eigenvalue weighted by molar-refractivity contribution is 0.102. The molecule has 2 aromatic rings. The number of carbonyl (C=O) groups is 1. The average molecular weight is 355 g/mol. The Morgan fingerprint density at radius 1 is 1.25 bits per heavy atom. The Hall–Kier alpha value is -1.52. The molecule has 20 heavy (non-hydrogen) atoms. The number of carbonyl (C=O) groups excluding carboxylic acids is 1. The molecule has 0 unspecified atom stereocenters. The van der Waals surface area contributed by atoms with Gasteiger partial charge in [-0.15, -0.1) is 0 Å². The number of halogens is 2. The second-order valence-electron chi connectivity index (χ2n) is 4.56. The van der Waals surface area contributed by atoms with E-state index in [9.17, 15) is 9.90 Å². The number of anilines is 1. The number of hydrogen-bond donors (Lipinski definition) is 2. The van der Waals surface area contributed by atoms with E-state index in [4.69, 9.17) is 11.6 Å². The fourth-order valence-electron chi connectivity index (χ4n) is 1.78. The van der Waals surface area contributed by atoms with Gasteiger partial charge in [-0.05, 0) is 65.2 Å². The second-order valence-corrected chi connectivity index (χ2v) is 5.82. The first-order valence-corrected chi connectivity index (χ1v) is 7.12. The average Bonchev–Trinajstić information content (AvgIpc) is 2.38. The summed E-state index contributed by atoms with van der Waals surface area (Å²) in [7, 11) is 0. The molecule has 2 N–H and O–H groups in total. The van der Waals surface area contributed by atoms with Crippen LogP contribution in [0.15, 0.2) is 34.8 Å². The number of benzene rings is 2. The molecule has 0 aromatic heterocycles. The van der Waals surface area contributed by atoms with Crippen LogP contribution in [0.5, 0.6) is 5.75 Å². The molecule has 5 heteroatoms. The van der Waals surface area contributed by atoms with Crippen LogP contribution in [0.2, 0.25) is 5.02 Å². The number of nitrogens with one attached hydrogen (secondary N) is 1. The molecule has 0 saturated carbocycles. The molecule has 0 aliphatic carbocycles. The molecule has 0 spiro atoms. The molecular weight excluding hydrogens is 342 g/mol. The Kier molecular flexibility index (Phi) is 4.35. The van der Waals surface area contributed by atoms with Gasteiger partial charge in [-0.25, -0.2) is 0 Å². The van der Waals surface area contributed by atoms with Gasteiger partial charge in [0.1, 0.15) is 5.75 Å². The molecule has 2 aromatic carbocycles. The zero-order valence-electron chi connectivity index (χ0n) is 11.0. The molecular formula is C15H13BrClNO2. The SMILES string of the molecule is Cc1cc(Br)c(O)c(C(=O)Nc2ccc(C)c(Cl)c2)c1. The molecule has 0 aliphatic rings. The standard InChI is InChI=1S/C15H13BrClNO2/c1-8-5-11(14(19)12(16)6-8)15(20)18-10-4-3-9(2)13(17)7-10/h3-7,19H,1-2H3,(H,18,20). The van der Waals surface area contributed by atoms with Crippen molar-refractivity contribution < 1.29 is 9.90 Å². The first-order chi connectivity index (χ1) is 9.38. The minimum absolute atomic E-state index is 0.0775. The number of amides is 1. The number of phenolic OH excluding ortho intramolecular Hbond substituents is 1. The molecule has 0 atom stereocenters. The highest BCUT2D eigenvalue weighted by molar-refractivity contribution is 9.10. The summed E-state index contributed by atoms with van der Waals surface area (Å²) in [4.78, 5) is 12.2. The van der Waals surface area contributed by atoms with E-state index in [1.807, 2.05) is 19.9 Å². The maximum atomic E-state index is 12.2. The zero-order valence-corrected chi connectivity index (χ0v) is 13.3. The van der Waals surface area contributed by atoms with Crippen LogP contribution in [0.25, 0.3) is 0 Å². The van der Waals surface area contributed by atoms with Crippen LogP contribution in [0.1, 0.15) is 21.5 Å². The van der Waals surface area contributed by atoms with Gasteiger partial charge in [-0.1, -0.05) is 17.7 Å². The van der Waals surface area contributed by atoms with E-state index in [1.165, 1.54) is 0 Å². The third-order valence-corrected chi connectivity index (χ3v) is 3.89. The lowest BCUT2D eigenvalue weighted by atomic mass is 10.1. The Morgan fingerprint density at radius 3 is 2.60 bits per heavy atom. The van der Waals surface area contributed by atoms with Gasteiger partial charge in [0.25, 0.3) is 5.91 Å². The van der Waals surface area contributed by atoms with Crippen molar-refractivity contribution in [2.75, 3.05) is 5.32 Å². The van der Waals surface area contributed by atoms with Crippen molar-refractivity contribution in [1.82, 2.24) is 0 Å². The van der Waals surface area contributed by atoms with Crippen molar-refractivity contribution in [2.45, 2.75) is 13.8 Å². The van der Waals surface area contributed by atoms with Gasteiger partial charge in [-0.2, -0.15) is 0 Å². The second kappa shape index (κ2) is 5.85. The monoisotopic (exact) mass is 353 g/mol. The summed E-state index contributed by atoms with van der Waals surface area (Å²) in [6.07, 6.45) is 0. The highest BCUT2D eigenvalue weighted by Gasteiger charge is 2.15. The van der Waals surface area contributed by atoms with Crippen molar-refractivity contribution in [1.29, 1.82) is 0 Å². The van der Waals surface area contributed by atoms with E-state index in [0.717, 1.165) is 11.1 Å². The predicted octanol–water partition coefficient (Wildman–Crippen LogP) is 4.68. The van der Waals surface area contributed by atoms with E-state index in [-0.39, 0.29) is 17.2 Å². The van der Waals surface area contributed by atoms with Crippen molar-refractivity contribution in [3.8, 4) is 5.75 Å². The lowest BCUT2D eigenvalue weighted by Gasteiger charge is -2.10. The van der Waals surface area contributed by atoms with Crippen LogP contribution in [0.4, 0.5) is 5.69 Å². The minimum Gasteiger partial charge on any atom is -0.506 e. The third-order valence-electron chi connectivity index (χ3n) is 2.88. The molecule has 0 heterocycles. The van der Waals surface area contributed by atoms with Gasteiger partial charge in [0.15, 0.2) is 0 Å². The van der Waals surface area contributed by atoms with Crippen LogP contribution in [-0.2, 0) is 0 Å². The van der Waals surface area contributed by atoms with Gasteiger partial charge in [0.2, 0.25) is 0 Å². The molecule has 1 amide bonds. The lowest BCUT2D eigenvalue weighted by Crippen LogP contribution is -2.12. The fourth-order valence-corrected chi connectivity index (χ4v) is 2.53. The highest BCUT2D eigenvalue weighted by atomic mass is 79.9. The maximum Gasteiger partial charge on any atom is 0.259 e. The minimum atomic E-state index is -0.383. The third kappa shape index (κ3) is 3.14. The van der Waals surface area contributed by atoms with Gasteiger partial charge >= 0.3 is 0 Å². The molecule has 0 bridgehead atoms. The van der Waals surface area contributed by atoms with E-state index >= 15 is 0 Å². The molecule has 104 valence electrons. The smallest absolute Gasteiger partial charge is 0.259 e. The molecule has 2 rings (SSSR count). The number of rotatable bonds is 2. The van der Waals surface area contributed by atoms with E-state index in [1.54, 1.807) is 24.3 Å². The highest BCUT2D eigenvalue weighted by Crippen LogP contribution is 2.30. The van der Waals surface area contributed by atoms with E-state index in [2.05, 4.69) is 21.2 Å². The maximum absolute atomic E-state index is 12.2. The Morgan fingerprint density at radius 2 is 1.95 bits per heavy atom. The van der Waals surface area contributed by atoms with Crippen LogP contribution in [-0.4, -0.2) is 11.0 Å². The molecule has 3 nitrogen and oxygen atoms in total. The number of aryl methyl sites for hydroxylation is 2. The van der Waals surface area contributed by atoms with Gasteiger partial charge in [0, 0.05) is 10.7 Å². The number of hydrogen-bond acceptors (Lipinski definition) is 2. The Bertz CT molecular complexity index is 686. The van der Waals surface area contributed by atoms with E-state index < -0.39 is 0 Å². The van der Waals surface area contributed by atoms with Crippen molar-refractivity contribution in [3.63, 3.8) is 0 Å². The van der Waals surface area contributed by atoms with Crippen molar-refractivity contribution in [2.24, 2.45) is 0 Å². The summed E-state index contributed by atoms with van der Waals surface area (Å²) in [6, 6.07) is 8.64. The summed E-state index contributed by atoms with van der Waals surface area (Å²) in [5.41, 5.74) is 2.61. The van der Waals surface area contributed by atoms with Crippen molar-refractivity contribution >= 4 is 39.1 Å². The quantitative estimate of drug-likeness (QED) is 0.823. The Labute approximate surface area is 130 Å². The molecule has 0 radical (unpaired) electrons. The first kappa shape index (κ1) is 14.9. The summed E-state index contributed by atoms with van der Waals surface area (Å²) in [5.74, 6) is -0.460. The van der Waals surface area contributed by atoms with E-state index in [0.29, 0.717) is 15.2 Å². The van der Waals surface area contributed by atoms with Crippen LogP contribution in [0, 0.1) is 13.8 Å². The van der Waals surface area contributed by atoms with Crippen molar-refractivity contribution in [3.05, 3.63) is 56.5 Å². The normalized spacial score (nSPS) is 10.4. The topological polar surface area (TPSA) is 49.3 Å². The number of phenols is 1.